The van der Waals surface area contributed by atoms with E-state index in [0.717, 1.165) is 28.8 Å². The highest BCUT2D eigenvalue weighted by Crippen LogP contribution is 2.29. The molecule has 0 fully saturated rings. The van der Waals surface area contributed by atoms with Crippen molar-refractivity contribution >= 4 is 22.7 Å². The van der Waals surface area contributed by atoms with E-state index in [0.29, 0.717) is 23.3 Å². The zero-order valence-electron chi connectivity index (χ0n) is 16.3. The van der Waals surface area contributed by atoms with E-state index in [2.05, 4.69) is 5.32 Å². The van der Waals surface area contributed by atoms with E-state index in [9.17, 15) is 18.4 Å². The van der Waals surface area contributed by atoms with Crippen LogP contribution in [0.1, 0.15) is 22.8 Å². The predicted molar refractivity (Wildman–Crippen MR) is 111 cm³/mol. The number of aryl methyl sites for hydroxylation is 2. The van der Waals surface area contributed by atoms with Gasteiger partial charge >= 0.3 is 5.76 Å². The molecule has 1 amide bonds. The number of nitrogens with zero attached hydrogens (tertiary/aromatic N) is 1. The summed E-state index contributed by atoms with van der Waals surface area (Å²) in [5.74, 6) is -3.10. The third kappa shape index (κ3) is 3.39. The van der Waals surface area contributed by atoms with Crippen molar-refractivity contribution in [2.24, 2.45) is 0 Å². The zero-order valence-corrected chi connectivity index (χ0v) is 16.3. The average molecular weight is 408 g/mol. The van der Waals surface area contributed by atoms with Crippen molar-refractivity contribution in [1.29, 1.82) is 0 Å². The van der Waals surface area contributed by atoms with E-state index < -0.39 is 28.9 Å². The summed E-state index contributed by atoms with van der Waals surface area (Å²) >= 11 is 0. The van der Waals surface area contributed by atoms with Crippen LogP contribution in [-0.2, 0) is 6.54 Å². The number of nitrogens with one attached hydrogen (secondary N) is 1. The lowest BCUT2D eigenvalue weighted by Crippen LogP contribution is -2.15. The number of anilines is 1. The summed E-state index contributed by atoms with van der Waals surface area (Å²) in [6.07, 6.45) is 0. The largest absolute Gasteiger partial charge is 0.419 e. The predicted octanol–water partition coefficient (Wildman–Crippen LogP) is 5.12. The van der Waals surface area contributed by atoms with E-state index in [1.807, 2.05) is 26.0 Å². The van der Waals surface area contributed by atoms with Crippen LogP contribution in [0.15, 0.2) is 63.8 Å². The van der Waals surface area contributed by atoms with Crippen LogP contribution < -0.4 is 11.1 Å². The minimum Gasteiger partial charge on any atom is -0.408 e. The Labute approximate surface area is 170 Å². The van der Waals surface area contributed by atoms with Gasteiger partial charge in [-0.05, 0) is 66.9 Å². The molecule has 4 rings (SSSR count). The summed E-state index contributed by atoms with van der Waals surface area (Å²) in [6.45, 7) is 4.27. The third-order valence-electron chi connectivity index (χ3n) is 4.97. The Hall–Kier alpha value is -3.74. The van der Waals surface area contributed by atoms with E-state index in [4.69, 9.17) is 4.42 Å². The second kappa shape index (κ2) is 7.59. The number of carbonyl (C=O) groups is 1. The highest BCUT2D eigenvalue weighted by molar-refractivity contribution is 6.04. The smallest absolute Gasteiger partial charge is 0.408 e. The molecular formula is C23H18F2N2O3. The molecule has 0 saturated carbocycles. The second-order valence-electron chi connectivity index (χ2n) is 6.88. The molecule has 0 aliphatic heterocycles. The first-order chi connectivity index (χ1) is 14.4. The van der Waals surface area contributed by atoms with Crippen molar-refractivity contribution < 1.29 is 18.0 Å². The fourth-order valence-electron chi connectivity index (χ4n) is 3.46. The maximum absolute atomic E-state index is 13.8. The summed E-state index contributed by atoms with van der Waals surface area (Å²) < 4.78 is 34.4. The Bertz CT molecular complexity index is 1300. The summed E-state index contributed by atoms with van der Waals surface area (Å²) in [6, 6.07) is 13.9. The number of aromatic nitrogens is 1. The number of amides is 1. The highest BCUT2D eigenvalue weighted by atomic mass is 19.1. The molecule has 1 heterocycles. The Kier molecular flexibility index (Phi) is 4.95. The fraction of sp³-hybridized carbons (Fsp3) is 0.130. The molecule has 0 aliphatic carbocycles. The lowest BCUT2D eigenvalue weighted by molar-refractivity contribution is 0.101. The van der Waals surface area contributed by atoms with Crippen molar-refractivity contribution in [1.82, 2.24) is 4.57 Å². The van der Waals surface area contributed by atoms with Gasteiger partial charge in [0.25, 0.3) is 5.91 Å². The Morgan fingerprint density at radius 2 is 1.73 bits per heavy atom. The van der Waals surface area contributed by atoms with Gasteiger partial charge in [0.2, 0.25) is 0 Å². The van der Waals surface area contributed by atoms with Crippen molar-refractivity contribution in [2.45, 2.75) is 20.4 Å². The number of hydrogen-bond donors (Lipinski definition) is 1. The summed E-state index contributed by atoms with van der Waals surface area (Å²) in [5, 5.41) is 2.51. The molecule has 0 atom stereocenters. The van der Waals surface area contributed by atoms with Crippen LogP contribution in [0.5, 0.6) is 0 Å². The van der Waals surface area contributed by atoms with Crippen molar-refractivity contribution in [3.63, 3.8) is 0 Å². The molecule has 3 aromatic carbocycles. The molecule has 1 N–H and O–H groups in total. The van der Waals surface area contributed by atoms with Gasteiger partial charge in [-0.1, -0.05) is 18.2 Å². The van der Waals surface area contributed by atoms with Crippen LogP contribution in [0.2, 0.25) is 0 Å². The Balaban J connectivity index is 1.65. The standard InChI is InChI=1S/C23H18F2N2O3/c1-3-27-19-12-16(13(2)11-20(19)30-23(27)29)14-7-9-15(10-8-14)26-22(28)21-17(24)5-4-6-18(21)25/h4-12H,3H2,1-2H3,(H,26,28). The number of rotatable bonds is 4. The molecule has 0 saturated heterocycles. The van der Waals surface area contributed by atoms with Crippen LogP contribution in [-0.4, -0.2) is 10.5 Å². The molecule has 4 aromatic rings. The first kappa shape index (κ1) is 19.6. The summed E-state index contributed by atoms with van der Waals surface area (Å²) in [7, 11) is 0. The van der Waals surface area contributed by atoms with Gasteiger partial charge in [-0.2, -0.15) is 0 Å². The van der Waals surface area contributed by atoms with Crippen LogP contribution in [0.4, 0.5) is 14.5 Å². The van der Waals surface area contributed by atoms with E-state index >= 15 is 0 Å². The van der Waals surface area contributed by atoms with Crippen LogP contribution in [0.25, 0.3) is 22.2 Å². The minimum absolute atomic E-state index is 0.400. The first-order valence-electron chi connectivity index (χ1n) is 9.39. The van der Waals surface area contributed by atoms with Gasteiger partial charge in [-0.25, -0.2) is 13.6 Å². The summed E-state index contributed by atoms with van der Waals surface area (Å²) in [5.41, 5.74) is 3.70. The number of hydrogen-bond acceptors (Lipinski definition) is 3. The molecule has 0 bridgehead atoms. The number of fused-ring (bicyclic) bond motifs is 1. The molecule has 5 nitrogen and oxygen atoms in total. The first-order valence-corrected chi connectivity index (χ1v) is 9.39. The van der Waals surface area contributed by atoms with Gasteiger partial charge in [0, 0.05) is 12.2 Å². The quantitative estimate of drug-likeness (QED) is 0.510. The van der Waals surface area contributed by atoms with Gasteiger partial charge in [0.15, 0.2) is 5.58 Å². The zero-order chi connectivity index (χ0) is 21.4. The van der Waals surface area contributed by atoms with Crippen molar-refractivity contribution in [3.05, 3.63) is 87.9 Å². The number of halogens is 2. The number of carbonyl (C=O) groups excluding carboxylic acids is 1. The molecule has 0 spiro atoms. The highest BCUT2D eigenvalue weighted by Gasteiger charge is 2.17. The van der Waals surface area contributed by atoms with Crippen LogP contribution >= 0.6 is 0 Å². The monoisotopic (exact) mass is 408 g/mol. The molecule has 1 aromatic heterocycles. The second-order valence-corrected chi connectivity index (χ2v) is 6.88. The fourth-order valence-corrected chi connectivity index (χ4v) is 3.46. The Morgan fingerprint density at radius 3 is 2.37 bits per heavy atom. The van der Waals surface area contributed by atoms with Crippen LogP contribution in [0, 0.1) is 18.6 Å². The van der Waals surface area contributed by atoms with Gasteiger partial charge < -0.3 is 9.73 Å². The normalized spacial score (nSPS) is 11.1. The van der Waals surface area contributed by atoms with Crippen molar-refractivity contribution in [3.8, 4) is 11.1 Å². The lowest BCUT2D eigenvalue weighted by atomic mass is 9.99. The number of benzene rings is 3. The molecule has 0 unspecified atom stereocenters. The number of oxazole rings is 1. The molecule has 7 heteroatoms. The minimum atomic E-state index is -0.921. The third-order valence-corrected chi connectivity index (χ3v) is 4.97. The Morgan fingerprint density at radius 1 is 1.07 bits per heavy atom. The van der Waals surface area contributed by atoms with Crippen molar-refractivity contribution in [2.75, 3.05) is 5.32 Å². The molecular weight excluding hydrogens is 390 g/mol. The van der Waals surface area contributed by atoms with Gasteiger partial charge in [-0.15, -0.1) is 0 Å². The molecule has 0 aliphatic rings. The average Bonchev–Trinajstić information content (AvgIpc) is 3.01. The maximum atomic E-state index is 13.8. The lowest BCUT2D eigenvalue weighted by Gasteiger charge is -2.10. The van der Waals surface area contributed by atoms with Gasteiger partial charge in [-0.3, -0.25) is 9.36 Å². The molecule has 30 heavy (non-hydrogen) atoms. The van der Waals surface area contributed by atoms with Gasteiger partial charge in [0.05, 0.1) is 5.52 Å². The molecule has 0 radical (unpaired) electrons. The SMILES string of the molecule is CCn1c(=O)oc2cc(C)c(-c3ccc(NC(=O)c4c(F)cccc4F)cc3)cc21. The van der Waals surface area contributed by atoms with Crippen LogP contribution in [0.3, 0.4) is 0 Å². The van der Waals surface area contributed by atoms with E-state index in [1.54, 1.807) is 28.8 Å². The van der Waals surface area contributed by atoms with E-state index in [1.165, 1.54) is 6.07 Å². The topological polar surface area (TPSA) is 64.2 Å². The molecule has 152 valence electrons. The maximum Gasteiger partial charge on any atom is 0.419 e. The van der Waals surface area contributed by atoms with Gasteiger partial charge in [0.1, 0.15) is 17.2 Å². The van der Waals surface area contributed by atoms with E-state index in [-0.39, 0.29) is 0 Å². The summed E-state index contributed by atoms with van der Waals surface area (Å²) in [4.78, 5) is 24.2.